The molecule has 0 saturated heterocycles. The van der Waals surface area contributed by atoms with E-state index in [0.717, 1.165) is 24.9 Å². The van der Waals surface area contributed by atoms with Gasteiger partial charge in [-0.1, -0.05) is 42.6 Å². The number of carbonyl (C=O) groups excluding carboxylic acids is 1. The number of unbranched alkanes of at least 4 members (excludes halogenated alkanes) is 1. The molecule has 3 N–H and O–H groups in total. The first-order valence-corrected chi connectivity index (χ1v) is 11.1. The molecule has 0 aliphatic rings. The smallest absolute Gasteiger partial charge is 0.271 e. The molecule has 0 fully saturated rings. The topological polar surface area (TPSA) is 113 Å². The molecule has 31 heavy (non-hydrogen) atoms. The lowest BCUT2D eigenvalue weighted by Crippen LogP contribution is -2.27. The molecule has 2 heterocycles. The molecular weight excluding hydrogens is 463 g/mol. The summed E-state index contributed by atoms with van der Waals surface area (Å²) in [6, 6.07) is 5.34. The number of aryl methyl sites for hydroxylation is 1. The van der Waals surface area contributed by atoms with E-state index in [2.05, 4.69) is 43.1 Å². The van der Waals surface area contributed by atoms with Crippen LogP contribution < -0.4 is 10.6 Å². The zero-order valence-electron chi connectivity index (χ0n) is 17.0. The summed E-state index contributed by atoms with van der Waals surface area (Å²) in [5.74, 6) is 0.817. The van der Waals surface area contributed by atoms with Crippen LogP contribution in [0.25, 0.3) is 0 Å². The van der Waals surface area contributed by atoms with Crippen LogP contribution in [0.5, 0.6) is 0 Å². The van der Waals surface area contributed by atoms with E-state index in [-0.39, 0.29) is 11.2 Å². The van der Waals surface area contributed by atoms with Gasteiger partial charge in [0.25, 0.3) is 5.91 Å². The van der Waals surface area contributed by atoms with Gasteiger partial charge in [0, 0.05) is 36.1 Å². The van der Waals surface area contributed by atoms with Crippen LogP contribution in [0.15, 0.2) is 18.2 Å². The SMILES string of the molecule is CCCCNc1nc(Cl)[nH]c1C(=O)NCCCn1nnnc1Cc1c(Cl)cccc1Cl. The summed E-state index contributed by atoms with van der Waals surface area (Å²) < 4.78 is 1.68. The van der Waals surface area contributed by atoms with Crippen LogP contribution in [0.3, 0.4) is 0 Å². The molecule has 2 aromatic heterocycles. The molecule has 0 saturated carbocycles. The summed E-state index contributed by atoms with van der Waals surface area (Å²) in [4.78, 5) is 19.4. The van der Waals surface area contributed by atoms with Crippen LogP contribution in [0, 0.1) is 0 Å². The number of rotatable bonds is 11. The van der Waals surface area contributed by atoms with Gasteiger partial charge >= 0.3 is 0 Å². The van der Waals surface area contributed by atoms with Crippen LogP contribution in [0.2, 0.25) is 15.3 Å². The van der Waals surface area contributed by atoms with Crippen molar-refractivity contribution in [3.05, 3.63) is 50.6 Å². The fourth-order valence-electron chi connectivity index (χ4n) is 2.92. The highest BCUT2D eigenvalue weighted by Crippen LogP contribution is 2.26. The maximum absolute atomic E-state index is 12.5. The van der Waals surface area contributed by atoms with Gasteiger partial charge in [0.1, 0.15) is 5.69 Å². The molecule has 1 amide bonds. The third-order valence-corrected chi connectivity index (χ3v) is 5.45. The second-order valence-corrected chi connectivity index (χ2v) is 8.01. The second kappa shape index (κ2) is 11.3. The van der Waals surface area contributed by atoms with E-state index >= 15 is 0 Å². The van der Waals surface area contributed by atoms with Crippen molar-refractivity contribution < 1.29 is 4.79 Å². The van der Waals surface area contributed by atoms with Crippen LogP contribution in [0.4, 0.5) is 5.82 Å². The predicted molar refractivity (Wildman–Crippen MR) is 121 cm³/mol. The molecule has 3 rings (SSSR count). The van der Waals surface area contributed by atoms with Gasteiger partial charge in [0.05, 0.1) is 0 Å². The Morgan fingerprint density at radius 1 is 1.16 bits per heavy atom. The van der Waals surface area contributed by atoms with Crippen molar-refractivity contribution in [1.82, 2.24) is 35.5 Å². The van der Waals surface area contributed by atoms with E-state index < -0.39 is 0 Å². The number of anilines is 1. The lowest BCUT2D eigenvalue weighted by Gasteiger charge is -2.09. The number of imidazole rings is 1. The zero-order chi connectivity index (χ0) is 22.2. The molecule has 9 nitrogen and oxygen atoms in total. The molecule has 166 valence electrons. The molecular formula is C19H23Cl3N8O. The van der Waals surface area contributed by atoms with E-state index in [1.54, 1.807) is 22.9 Å². The van der Waals surface area contributed by atoms with Gasteiger partial charge in [0.15, 0.2) is 11.6 Å². The van der Waals surface area contributed by atoms with Crippen LogP contribution in [-0.4, -0.2) is 49.2 Å². The molecule has 0 spiro atoms. The molecule has 0 unspecified atom stereocenters. The van der Waals surface area contributed by atoms with Crippen molar-refractivity contribution in [2.75, 3.05) is 18.4 Å². The average molecular weight is 486 g/mol. The fourth-order valence-corrected chi connectivity index (χ4v) is 3.63. The minimum atomic E-state index is -0.279. The summed E-state index contributed by atoms with van der Waals surface area (Å²) in [6.07, 6.45) is 3.05. The number of nitrogens with zero attached hydrogens (tertiary/aromatic N) is 5. The van der Waals surface area contributed by atoms with E-state index in [1.807, 2.05) is 0 Å². The second-order valence-electron chi connectivity index (χ2n) is 6.84. The summed E-state index contributed by atoms with van der Waals surface area (Å²) in [5.41, 5.74) is 1.09. The van der Waals surface area contributed by atoms with Crippen molar-refractivity contribution in [2.24, 2.45) is 0 Å². The van der Waals surface area contributed by atoms with Gasteiger partial charge in [-0.05, 0) is 52.6 Å². The highest BCUT2D eigenvalue weighted by molar-refractivity contribution is 6.36. The Kier molecular flexibility index (Phi) is 8.51. The van der Waals surface area contributed by atoms with Crippen LogP contribution in [0.1, 0.15) is 48.1 Å². The normalized spacial score (nSPS) is 11.0. The lowest BCUT2D eigenvalue weighted by atomic mass is 10.1. The Labute approximate surface area is 194 Å². The highest BCUT2D eigenvalue weighted by atomic mass is 35.5. The number of hydrogen-bond acceptors (Lipinski definition) is 6. The summed E-state index contributed by atoms with van der Waals surface area (Å²) in [7, 11) is 0. The number of carbonyl (C=O) groups is 1. The first-order chi connectivity index (χ1) is 15.0. The van der Waals surface area contributed by atoms with Crippen molar-refractivity contribution >= 4 is 46.5 Å². The molecule has 3 aromatic rings. The first-order valence-electron chi connectivity index (χ1n) is 9.95. The Hall–Kier alpha value is -2.36. The van der Waals surface area contributed by atoms with Crippen LogP contribution >= 0.6 is 34.8 Å². The van der Waals surface area contributed by atoms with E-state index in [9.17, 15) is 4.79 Å². The number of aromatic amines is 1. The minimum Gasteiger partial charge on any atom is -0.368 e. The maximum atomic E-state index is 12.5. The minimum absolute atomic E-state index is 0.167. The summed E-state index contributed by atoms with van der Waals surface area (Å²) in [6.45, 7) is 3.76. The molecule has 0 radical (unpaired) electrons. The standard InChI is InChI=1S/C19H23Cl3N8O/c1-2-3-8-23-17-16(25-19(22)26-17)18(31)24-9-5-10-30-15(27-28-29-30)11-12-13(20)6-4-7-14(12)21/h4,6-7,23H,2-3,5,8-11H2,1H3,(H,24,31)(H,25,26). The third-order valence-electron chi connectivity index (χ3n) is 4.56. The molecule has 0 aliphatic carbocycles. The molecule has 0 bridgehead atoms. The Bertz CT molecular complexity index is 999. The molecule has 0 atom stereocenters. The fraction of sp³-hybridized carbons (Fsp3) is 0.421. The largest absolute Gasteiger partial charge is 0.368 e. The number of amides is 1. The molecule has 12 heteroatoms. The Morgan fingerprint density at radius 2 is 1.94 bits per heavy atom. The van der Waals surface area contributed by atoms with Gasteiger partial charge in [-0.2, -0.15) is 0 Å². The molecule has 0 aliphatic heterocycles. The summed E-state index contributed by atoms with van der Waals surface area (Å²) >= 11 is 18.4. The number of nitrogens with one attached hydrogen (secondary N) is 3. The number of H-pyrrole nitrogens is 1. The van der Waals surface area contributed by atoms with Crippen molar-refractivity contribution in [2.45, 2.75) is 39.2 Å². The van der Waals surface area contributed by atoms with Crippen molar-refractivity contribution in [1.29, 1.82) is 0 Å². The first kappa shape index (κ1) is 23.3. The van der Waals surface area contributed by atoms with Crippen LogP contribution in [-0.2, 0) is 13.0 Å². The number of tetrazole rings is 1. The van der Waals surface area contributed by atoms with Gasteiger partial charge < -0.3 is 15.6 Å². The van der Waals surface area contributed by atoms with Gasteiger partial charge in [-0.3, -0.25) is 4.79 Å². The predicted octanol–water partition coefficient (Wildman–Crippen LogP) is 3.98. The van der Waals surface area contributed by atoms with Gasteiger partial charge in [-0.15, -0.1) is 5.10 Å². The number of aromatic nitrogens is 6. The van der Waals surface area contributed by atoms with Crippen molar-refractivity contribution in [3.8, 4) is 0 Å². The van der Waals surface area contributed by atoms with Gasteiger partial charge in [0.2, 0.25) is 5.28 Å². The third kappa shape index (κ3) is 6.32. The molecule has 1 aromatic carbocycles. The summed E-state index contributed by atoms with van der Waals surface area (Å²) in [5, 5.41) is 19.1. The maximum Gasteiger partial charge on any atom is 0.271 e. The lowest BCUT2D eigenvalue weighted by molar-refractivity contribution is 0.0949. The van der Waals surface area contributed by atoms with E-state index in [1.165, 1.54) is 0 Å². The van der Waals surface area contributed by atoms with Gasteiger partial charge in [-0.25, -0.2) is 9.67 Å². The van der Waals surface area contributed by atoms with E-state index in [4.69, 9.17) is 34.8 Å². The number of benzene rings is 1. The monoisotopic (exact) mass is 484 g/mol. The average Bonchev–Trinajstić information content (AvgIpc) is 3.34. The van der Waals surface area contributed by atoms with E-state index in [0.29, 0.717) is 53.3 Å². The Balaban J connectivity index is 1.52. The van der Waals surface area contributed by atoms with Crippen molar-refractivity contribution in [3.63, 3.8) is 0 Å². The highest BCUT2D eigenvalue weighted by Gasteiger charge is 2.17. The number of halogens is 3. The number of hydrogen-bond donors (Lipinski definition) is 3. The zero-order valence-corrected chi connectivity index (χ0v) is 19.2. The quantitative estimate of drug-likeness (QED) is 0.354. The Morgan fingerprint density at radius 3 is 2.68 bits per heavy atom.